The summed E-state index contributed by atoms with van der Waals surface area (Å²) >= 11 is 0. The summed E-state index contributed by atoms with van der Waals surface area (Å²) in [4.78, 5) is 11.4. The van der Waals surface area contributed by atoms with Crippen molar-refractivity contribution in [1.82, 2.24) is 9.78 Å². The van der Waals surface area contributed by atoms with Gasteiger partial charge in [0.15, 0.2) is 0 Å². The van der Waals surface area contributed by atoms with Gasteiger partial charge < -0.3 is 4.74 Å². The normalized spacial score (nSPS) is 10.5. The molecule has 4 nitrogen and oxygen atoms in total. The zero-order valence-corrected chi connectivity index (χ0v) is 10.5. The van der Waals surface area contributed by atoms with E-state index >= 15 is 0 Å². The van der Waals surface area contributed by atoms with Crippen molar-refractivity contribution in [3.05, 3.63) is 17.0 Å². The van der Waals surface area contributed by atoms with Crippen LogP contribution >= 0.6 is 0 Å². The Morgan fingerprint density at radius 3 is 2.62 bits per heavy atom. The van der Waals surface area contributed by atoms with Crippen molar-refractivity contribution < 1.29 is 9.53 Å². The minimum atomic E-state index is -0.176. The molecule has 0 N–H and O–H groups in total. The van der Waals surface area contributed by atoms with E-state index in [1.807, 2.05) is 25.5 Å². The molecule has 0 bridgehead atoms. The van der Waals surface area contributed by atoms with Gasteiger partial charge in [-0.1, -0.05) is 6.92 Å². The molecule has 16 heavy (non-hydrogen) atoms. The van der Waals surface area contributed by atoms with Crippen LogP contribution in [0.25, 0.3) is 0 Å². The maximum atomic E-state index is 11.4. The molecule has 0 aromatic carbocycles. The Balaban J connectivity index is 2.83. The topological polar surface area (TPSA) is 44.1 Å². The SMILES string of the molecule is CCCn1nc(C)c(CC(=O)OCC)c1C. The van der Waals surface area contributed by atoms with E-state index in [1.54, 1.807) is 0 Å². The Bertz CT molecular complexity index is 369. The Morgan fingerprint density at radius 1 is 1.38 bits per heavy atom. The second kappa shape index (κ2) is 5.68. The van der Waals surface area contributed by atoms with E-state index in [-0.39, 0.29) is 5.97 Å². The van der Waals surface area contributed by atoms with Crippen molar-refractivity contribution in [2.45, 2.75) is 47.1 Å². The highest BCUT2D eigenvalue weighted by molar-refractivity contribution is 5.73. The van der Waals surface area contributed by atoms with Crippen LogP contribution in [0.3, 0.4) is 0 Å². The molecule has 0 amide bonds. The summed E-state index contributed by atoms with van der Waals surface area (Å²) in [5.74, 6) is -0.176. The highest BCUT2D eigenvalue weighted by atomic mass is 16.5. The zero-order valence-electron chi connectivity index (χ0n) is 10.5. The molecule has 1 heterocycles. The fourth-order valence-electron chi connectivity index (χ4n) is 1.78. The molecule has 0 unspecified atom stereocenters. The van der Waals surface area contributed by atoms with Crippen LogP contribution in [0.1, 0.15) is 37.2 Å². The first-order chi connectivity index (χ1) is 7.60. The van der Waals surface area contributed by atoms with E-state index in [9.17, 15) is 4.79 Å². The average Bonchev–Trinajstić information content (AvgIpc) is 2.47. The Kier molecular flexibility index (Phi) is 4.52. The predicted octanol–water partition coefficient (Wildman–Crippen LogP) is 2.02. The third kappa shape index (κ3) is 2.84. The van der Waals surface area contributed by atoms with E-state index in [0.29, 0.717) is 13.0 Å². The molecule has 0 aliphatic carbocycles. The lowest BCUT2D eigenvalue weighted by molar-refractivity contribution is -0.142. The van der Waals surface area contributed by atoms with Crippen molar-refractivity contribution in [3.63, 3.8) is 0 Å². The number of rotatable bonds is 5. The largest absolute Gasteiger partial charge is 0.466 e. The standard InChI is InChI=1S/C12H20N2O2/c1-5-7-14-10(4)11(9(3)13-14)8-12(15)16-6-2/h5-8H2,1-4H3. The van der Waals surface area contributed by atoms with Crippen molar-refractivity contribution in [2.75, 3.05) is 6.61 Å². The van der Waals surface area contributed by atoms with Gasteiger partial charge in [-0.05, 0) is 27.2 Å². The molecule has 0 aliphatic heterocycles. The number of esters is 1. The van der Waals surface area contributed by atoms with E-state index in [4.69, 9.17) is 4.74 Å². The molecule has 0 saturated heterocycles. The van der Waals surface area contributed by atoms with Gasteiger partial charge in [0.25, 0.3) is 0 Å². The first-order valence-electron chi connectivity index (χ1n) is 5.78. The van der Waals surface area contributed by atoms with Gasteiger partial charge in [-0.2, -0.15) is 5.10 Å². The van der Waals surface area contributed by atoms with Crippen molar-refractivity contribution in [2.24, 2.45) is 0 Å². The summed E-state index contributed by atoms with van der Waals surface area (Å²) < 4.78 is 6.91. The van der Waals surface area contributed by atoms with Crippen LogP contribution in [0, 0.1) is 13.8 Å². The lowest BCUT2D eigenvalue weighted by Crippen LogP contribution is -2.09. The Morgan fingerprint density at radius 2 is 2.06 bits per heavy atom. The van der Waals surface area contributed by atoms with Crippen LogP contribution in [-0.4, -0.2) is 22.4 Å². The third-order valence-corrected chi connectivity index (χ3v) is 2.59. The molecule has 0 spiro atoms. The molecule has 1 aromatic heterocycles. The molecule has 1 rings (SSSR count). The fourth-order valence-corrected chi connectivity index (χ4v) is 1.78. The summed E-state index contributed by atoms with van der Waals surface area (Å²) in [6.07, 6.45) is 1.37. The van der Waals surface area contributed by atoms with Gasteiger partial charge >= 0.3 is 5.97 Å². The Hall–Kier alpha value is -1.32. The smallest absolute Gasteiger partial charge is 0.310 e. The maximum absolute atomic E-state index is 11.4. The second-order valence-corrected chi connectivity index (χ2v) is 3.85. The number of aromatic nitrogens is 2. The van der Waals surface area contributed by atoms with E-state index in [2.05, 4.69) is 12.0 Å². The van der Waals surface area contributed by atoms with Crippen LogP contribution < -0.4 is 0 Å². The summed E-state index contributed by atoms with van der Waals surface area (Å²) in [5.41, 5.74) is 3.01. The lowest BCUT2D eigenvalue weighted by Gasteiger charge is -2.04. The minimum absolute atomic E-state index is 0.176. The third-order valence-electron chi connectivity index (χ3n) is 2.59. The number of carbonyl (C=O) groups excluding carboxylic acids is 1. The molecular formula is C12H20N2O2. The molecule has 0 fully saturated rings. The summed E-state index contributed by atoms with van der Waals surface area (Å²) in [5, 5.41) is 4.42. The van der Waals surface area contributed by atoms with Crippen LogP contribution in [0.15, 0.2) is 0 Å². The highest BCUT2D eigenvalue weighted by Gasteiger charge is 2.14. The summed E-state index contributed by atoms with van der Waals surface area (Å²) in [7, 11) is 0. The summed E-state index contributed by atoms with van der Waals surface area (Å²) in [6, 6.07) is 0. The zero-order chi connectivity index (χ0) is 12.1. The van der Waals surface area contributed by atoms with Crippen LogP contribution in [0.5, 0.6) is 0 Å². The number of ether oxygens (including phenoxy) is 1. The van der Waals surface area contributed by atoms with Gasteiger partial charge in [-0.3, -0.25) is 9.48 Å². The van der Waals surface area contributed by atoms with Gasteiger partial charge in [0.05, 0.1) is 18.7 Å². The molecule has 0 atom stereocenters. The number of hydrogen-bond acceptors (Lipinski definition) is 3. The fraction of sp³-hybridized carbons (Fsp3) is 0.667. The van der Waals surface area contributed by atoms with Crippen molar-refractivity contribution in [1.29, 1.82) is 0 Å². The van der Waals surface area contributed by atoms with Crippen LogP contribution in [0.2, 0.25) is 0 Å². The van der Waals surface area contributed by atoms with Crippen molar-refractivity contribution >= 4 is 5.97 Å². The van der Waals surface area contributed by atoms with Gasteiger partial charge in [-0.25, -0.2) is 0 Å². The minimum Gasteiger partial charge on any atom is -0.466 e. The monoisotopic (exact) mass is 224 g/mol. The molecular weight excluding hydrogens is 204 g/mol. The van der Waals surface area contributed by atoms with E-state index in [1.165, 1.54) is 0 Å². The predicted molar refractivity (Wildman–Crippen MR) is 62.3 cm³/mol. The molecule has 0 radical (unpaired) electrons. The summed E-state index contributed by atoms with van der Waals surface area (Å²) in [6.45, 7) is 9.20. The lowest BCUT2D eigenvalue weighted by atomic mass is 10.1. The molecule has 0 saturated carbocycles. The molecule has 4 heteroatoms. The number of aryl methyl sites for hydroxylation is 2. The quantitative estimate of drug-likeness (QED) is 0.719. The van der Waals surface area contributed by atoms with Gasteiger partial charge in [0.2, 0.25) is 0 Å². The molecule has 90 valence electrons. The maximum Gasteiger partial charge on any atom is 0.310 e. The number of carbonyl (C=O) groups is 1. The van der Waals surface area contributed by atoms with Crippen molar-refractivity contribution in [3.8, 4) is 0 Å². The highest BCUT2D eigenvalue weighted by Crippen LogP contribution is 2.14. The van der Waals surface area contributed by atoms with E-state index < -0.39 is 0 Å². The molecule has 1 aromatic rings. The first kappa shape index (κ1) is 12.7. The first-order valence-corrected chi connectivity index (χ1v) is 5.78. The van der Waals surface area contributed by atoms with Crippen LogP contribution in [0.4, 0.5) is 0 Å². The van der Waals surface area contributed by atoms with Gasteiger partial charge in [-0.15, -0.1) is 0 Å². The Labute approximate surface area is 96.6 Å². The number of nitrogens with zero attached hydrogens (tertiary/aromatic N) is 2. The van der Waals surface area contributed by atoms with Gasteiger partial charge in [0, 0.05) is 17.8 Å². The number of hydrogen-bond donors (Lipinski definition) is 0. The van der Waals surface area contributed by atoms with Gasteiger partial charge in [0.1, 0.15) is 0 Å². The van der Waals surface area contributed by atoms with E-state index in [0.717, 1.165) is 29.9 Å². The second-order valence-electron chi connectivity index (χ2n) is 3.85. The van der Waals surface area contributed by atoms with Crippen LogP contribution in [-0.2, 0) is 22.5 Å². The average molecular weight is 224 g/mol. The molecule has 0 aliphatic rings.